The molecule has 5 aromatic rings. The maximum absolute atomic E-state index is 13.3. The lowest BCUT2D eigenvalue weighted by atomic mass is 9.98. The molecule has 46 heavy (non-hydrogen) atoms. The zero-order valence-electron chi connectivity index (χ0n) is 24.3. The average Bonchev–Trinajstić information content (AvgIpc) is 3.55. The van der Waals surface area contributed by atoms with Crippen LogP contribution in [0.4, 0.5) is 10.5 Å². The molecule has 13 nitrogen and oxygen atoms in total. The summed E-state index contributed by atoms with van der Waals surface area (Å²) in [5.74, 6) is -0.803. The molecule has 1 atom stereocenters. The van der Waals surface area contributed by atoms with E-state index in [1.54, 1.807) is 54.6 Å². The molecule has 15 heteroatoms. The van der Waals surface area contributed by atoms with Crippen molar-refractivity contribution in [3.63, 3.8) is 0 Å². The molecule has 234 valence electrons. The van der Waals surface area contributed by atoms with Gasteiger partial charge in [0.25, 0.3) is 0 Å². The van der Waals surface area contributed by atoms with Crippen LogP contribution in [0.2, 0.25) is 5.02 Å². The molecule has 0 fully saturated rings. The topological polar surface area (TPSA) is 182 Å². The van der Waals surface area contributed by atoms with Crippen molar-refractivity contribution in [2.75, 3.05) is 11.6 Å². The predicted molar refractivity (Wildman–Crippen MR) is 172 cm³/mol. The first-order valence-corrected chi connectivity index (χ1v) is 16.2. The number of halogens is 1. The molecule has 0 spiro atoms. The Kier molecular flexibility index (Phi) is 9.79. The maximum Gasteiger partial charge on any atom is 0.409 e. The number of carbonyl (C=O) groups excluding carboxylic acids is 1. The number of benzene rings is 3. The molecule has 3 aromatic carbocycles. The summed E-state index contributed by atoms with van der Waals surface area (Å²) in [6.07, 6.45) is 4.62. The lowest BCUT2D eigenvalue weighted by molar-refractivity contribution is -0.117. The molecular weight excluding hydrogens is 632 g/mol. The van der Waals surface area contributed by atoms with E-state index in [0.717, 1.165) is 11.8 Å². The van der Waals surface area contributed by atoms with Crippen LogP contribution in [0.25, 0.3) is 22.9 Å². The summed E-state index contributed by atoms with van der Waals surface area (Å²) >= 11 is 6.22. The van der Waals surface area contributed by atoms with Crippen molar-refractivity contribution in [3.8, 4) is 16.8 Å². The number of aromatic nitrogens is 6. The molecule has 2 amide bonds. The fraction of sp³-hybridized carbons (Fsp3) is 0.129. The molecule has 0 saturated heterocycles. The number of tetrazole rings is 1. The number of hydrogen-bond donors (Lipinski definition) is 3. The molecule has 0 aliphatic heterocycles. The molecule has 3 N–H and O–H groups in total. The van der Waals surface area contributed by atoms with Crippen LogP contribution in [0.5, 0.6) is 0 Å². The highest BCUT2D eigenvalue weighted by Gasteiger charge is 2.21. The third-order valence-corrected chi connectivity index (χ3v) is 7.72. The summed E-state index contributed by atoms with van der Waals surface area (Å²) in [6.45, 7) is 0. The number of nitrogens with zero attached hydrogens (tertiary/aromatic N) is 6. The lowest BCUT2D eigenvalue weighted by Gasteiger charge is -2.19. The minimum atomic E-state index is -3.48. The predicted octanol–water partition coefficient (Wildman–Crippen LogP) is 4.52. The number of amides is 2. The normalized spacial score (nSPS) is 12.1. The van der Waals surface area contributed by atoms with Crippen molar-refractivity contribution in [2.45, 2.75) is 18.2 Å². The Hall–Kier alpha value is -5.47. The standard InChI is InChI=1S/C31H27ClN8O5S/c1-46(44,45)18-28-25(21-7-11-24(12-8-21)34-31(42)43)17-27(36-37-28)26(15-20-5-3-2-4-6-20)35-30(41)14-9-22-16-23(32)10-13-29(22)40-19-33-38-39-40/h2-14,16-17,19,26,34H,15,18H2,1H3,(H,35,41)(H,42,43). The van der Waals surface area contributed by atoms with Crippen LogP contribution >= 0.6 is 11.6 Å². The molecule has 0 radical (unpaired) electrons. The van der Waals surface area contributed by atoms with Crippen LogP contribution in [0.15, 0.2) is 91.3 Å². The fourth-order valence-corrected chi connectivity index (χ4v) is 5.56. The Bertz CT molecular complexity index is 1990. The Morgan fingerprint density at radius 3 is 2.46 bits per heavy atom. The van der Waals surface area contributed by atoms with E-state index in [1.165, 1.54) is 17.1 Å². The second-order valence-electron chi connectivity index (χ2n) is 10.2. The van der Waals surface area contributed by atoms with Gasteiger partial charge in [0, 0.05) is 34.2 Å². The Morgan fingerprint density at radius 1 is 1.02 bits per heavy atom. The number of carboxylic acid groups (broad SMARTS) is 1. The summed E-state index contributed by atoms with van der Waals surface area (Å²) < 4.78 is 25.9. The molecule has 2 aromatic heterocycles. The van der Waals surface area contributed by atoms with Crippen molar-refractivity contribution in [3.05, 3.63) is 119 Å². The zero-order chi connectivity index (χ0) is 32.7. The summed E-state index contributed by atoms with van der Waals surface area (Å²) in [6, 6.07) is 22.0. The molecule has 0 aliphatic carbocycles. The summed E-state index contributed by atoms with van der Waals surface area (Å²) in [4.78, 5) is 24.4. The van der Waals surface area contributed by atoms with E-state index in [9.17, 15) is 18.0 Å². The van der Waals surface area contributed by atoms with E-state index in [-0.39, 0.29) is 11.4 Å². The quantitative estimate of drug-likeness (QED) is 0.171. The number of carbonyl (C=O) groups is 2. The smallest absolute Gasteiger partial charge is 0.409 e. The van der Waals surface area contributed by atoms with E-state index >= 15 is 0 Å². The van der Waals surface area contributed by atoms with Crippen molar-refractivity contribution < 1.29 is 23.1 Å². The van der Waals surface area contributed by atoms with Gasteiger partial charge in [0.2, 0.25) is 5.91 Å². The number of rotatable bonds is 11. The Balaban J connectivity index is 1.50. The van der Waals surface area contributed by atoms with Gasteiger partial charge in [0.1, 0.15) is 6.33 Å². The van der Waals surface area contributed by atoms with Crippen molar-refractivity contribution in [2.24, 2.45) is 0 Å². The van der Waals surface area contributed by atoms with Crippen molar-refractivity contribution >= 4 is 45.2 Å². The van der Waals surface area contributed by atoms with Gasteiger partial charge < -0.3 is 10.4 Å². The first-order chi connectivity index (χ1) is 22.0. The van der Waals surface area contributed by atoms with Crippen LogP contribution in [0.3, 0.4) is 0 Å². The Morgan fingerprint density at radius 2 is 1.78 bits per heavy atom. The zero-order valence-corrected chi connectivity index (χ0v) is 25.9. The van der Waals surface area contributed by atoms with Gasteiger partial charge in [-0.05, 0) is 70.4 Å². The maximum atomic E-state index is 13.3. The molecule has 5 rings (SSSR count). The first-order valence-electron chi connectivity index (χ1n) is 13.7. The largest absolute Gasteiger partial charge is 0.465 e. The monoisotopic (exact) mass is 658 g/mol. The molecule has 0 saturated carbocycles. The van der Waals surface area contributed by atoms with Gasteiger partial charge in [-0.25, -0.2) is 13.2 Å². The van der Waals surface area contributed by atoms with Crippen molar-refractivity contribution in [1.29, 1.82) is 0 Å². The second-order valence-corrected chi connectivity index (χ2v) is 12.8. The number of hydrogen-bond acceptors (Lipinski definition) is 9. The lowest BCUT2D eigenvalue weighted by Crippen LogP contribution is -2.29. The van der Waals surface area contributed by atoms with Crippen LogP contribution in [-0.2, 0) is 26.8 Å². The van der Waals surface area contributed by atoms with Crippen LogP contribution < -0.4 is 10.6 Å². The molecule has 0 bridgehead atoms. The summed E-state index contributed by atoms with van der Waals surface area (Å²) in [5, 5.41) is 34.6. The van der Waals surface area contributed by atoms with E-state index in [1.807, 2.05) is 30.3 Å². The number of anilines is 1. The van der Waals surface area contributed by atoms with Gasteiger partial charge in [-0.2, -0.15) is 14.9 Å². The highest BCUT2D eigenvalue weighted by atomic mass is 35.5. The van der Waals surface area contributed by atoms with E-state index < -0.39 is 27.9 Å². The van der Waals surface area contributed by atoms with Crippen LogP contribution in [0, 0.1) is 0 Å². The molecule has 2 heterocycles. The van der Waals surface area contributed by atoms with E-state index in [4.69, 9.17) is 16.7 Å². The summed E-state index contributed by atoms with van der Waals surface area (Å²) in [7, 11) is -3.48. The van der Waals surface area contributed by atoms with Gasteiger partial charge >= 0.3 is 6.09 Å². The number of sulfone groups is 1. The van der Waals surface area contributed by atoms with Crippen LogP contribution in [0.1, 0.15) is 28.6 Å². The highest BCUT2D eigenvalue weighted by Crippen LogP contribution is 2.29. The first kappa shape index (κ1) is 31.9. The van der Waals surface area contributed by atoms with E-state index in [0.29, 0.717) is 45.2 Å². The average molecular weight is 659 g/mol. The van der Waals surface area contributed by atoms with Gasteiger partial charge in [0.05, 0.1) is 28.9 Å². The van der Waals surface area contributed by atoms with Crippen LogP contribution in [-0.4, -0.2) is 62.2 Å². The van der Waals surface area contributed by atoms with Gasteiger partial charge in [-0.3, -0.25) is 10.1 Å². The minimum Gasteiger partial charge on any atom is -0.465 e. The van der Waals surface area contributed by atoms with Gasteiger partial charge in [0.15, 0.2) is 9.84 Å². The molecule has 0 aliphatic rings. The third-order valence-electron chi connectivity index (χ3n) is 6.69. The van der Waals surface area contributed by atoms with E-state index in [2.05, 4.69) is 36.4 Å². The minimum absolute atomic E-state index is 0.214. The third kappa shape index (κ3) is 8.58. The SMILES string of the molecule is CS(=O)(=O)Cc1nnc(C(Cc2ccccc2)NC(=O)C=Cc2cc(Cl)ccc2-n2cnnn2)cc1-c1ccc(NC(=O)O)cc1. The fourth-order valence-electron chi connectivity index (χ4n) is 4.67. The second kappa shape index (κ2) is 14.1. The van der Waals surface area contributed by atoms with Gasteiger partial charge in [-0.15, -0.1) is 5.10 Å². The summed E-state index contributed by atoms with van der Waals surface area (Å²) in [5.41, 5.74) is 4.14. The van der Waals surface area contributed by atoms with Crippen molar-refractivity contribution in [1.82, 2.24) is 35.7 Å². The number of nitrogens with one attached hydrogen (secondary N) is 2. The Labute approximate surface area is 268 Å². The molecular formula is C31H27ClN8O5S. The van der Waals surface area contributed by atoms with Gasteiger partial charge in [-0.1, -0.05) is 54.1 Å². The highest BCUT2D eigenvalue weighted by molar-refractivity contribution is 7.89. The molecule has 1 unspecified atom stereocenters.